The predicted octanol–water partition coefficient (Wildman–Crippen LogP) is 2.01. The Morgan fingerprint density at radius 3 is 1.33 bits per heavy atom. The van der Waals surface area contributed by atoms with Crippen molar-refractivity contribution in [2.45, 2.75) is 19.0 Å². The Labute approximate surface area is 79.7 Å². The molecule has 0 atom stereocenters. The summed E-state index contributed by atoms with van der Waals surface area (Å²) in [6, 6.07) is 0. The van der Waals surface area contributed by atoms with Gasteiger partial charge in [-0.2, -0.15) is 28.9 Å². The second-order valence-corrected chi connectivity index (χ2v) is 1.36. The Hall–Kier alpha value is 0.233. The third-order valence-electron chi connectivity index (χ3n) is 0.613. The Kier molecular flexibility index (Phi) is 10.1. The molecular formula is C5H8F5OZn-. The first kappa shape index (κ1) is 18.1. The summed E-state index contributed by atoms with van der Waals surface area (Å²) >= 11 is 0. The van der Waals surface area contributed by atoms with E-state index in [2.05, 4.69) is 6.92 Å². The molecule has 0 aromatic rings. The van der Waals surface area contributed by atoms with Gasteiger partial charge >= 0.3 is 12.1 Å². The van der Waals surface area contributed by atoms with Crippen molar-refractivity contribution in [1.29, 1.82) is 0 Å². The van der Waals surface area contributed by atoms with E-state index in [0.29, 0.717) is 0 Å². The number of hydrogen-bond acceptors (Lipinski definition) is 1. The molecule has 1 N–H and O–H groups in total. The molecule has 0 spiro atoms. The maximum Gasteiger partial charge on any atom is 0.455 e. The number of aliphatic hydroxyl groups is 1. The van der Waals surface area contributed by atoms with E-state index in [0.717, 1.165) is 0 Å². The van der Waals surface area contributed by atoms with E-state index in [1.54, 1.807) is 6.92 Å². The molecule has 0 aliphatic rings. The SMILES string of the molecule is OCC(F)(F)C(F)(F)F.[CH2-]C.[Zn]. The van der Waals surface area contributed by atoms with Crippen LogP contribution in [0.1, 0.15) is 6.92 Å². The Balaban J connectivity index is -0.000000249. The summed E-state index contributed by atoms with van der Waals surface area (Å²) in [4.78, 5) is 0. The van der Waals surface area contributed by atoms with E-state index in [1.165, 1.54) is 0 Å². The van der Waals surface area contributed by atoms with Crippen molar-refractivity contribution in [2.75, 3.05) is 6.61 Å². The van der Waals surface area contributed by atoms with Crippen LogP contribution in [0.2, 0.25) is 0 Å². The molecule has 0 aromatic carbocycles. The van der Waals surface area contributed by atoms with Gasteiger partial charge in [0.1, 0.15) is 6.61 Å². The van der Waals surface area contributed by atoms with Gasteiger partial charge in [-0.1, -0.05) is 0 Å². The summed E-state index contributed by atoms with van der Waals surface area (Å²) in [5.41, 5.74) is 0. The van der Waals surface area contributed by atoms with E-state index in [1.807, 2.05) is 0 Å². The fraction of sp³-hybridized carbons (Fsp3) is 0.800. The molecule has 0 amide bonds. The zero-order valence-electron chi connectivity index (χ0n) is 6.46. The van der Waals surface area contributed by atoms with Gasteiger partial charge < -0.3 is 12.0 Å². The summed E-state index contributed by atoms with van der Waals surface area (Å²) in [6.45, 7) is 2.80. The monoisotopic (exact) mass is 243 g/mol. The minimum absolute atomic E-state index is 0. The summed E-state index contributed by atoms with van der Waals surface area (Å²) in [5.74, 6) is -4.97. The van der Waals surface area contributed by atoms with Crippen LogP contribution in [-0.4, -0.2) is 23.8 Å². The fourth-order valence-corrected chi connectivity index (χ4v) is 0.0896. The van der Waals surface area contributed by atoms with Crippen LogP contribution in [0, 0.1) is 6.92 Å². The van der Waals surface area contributed by atoms with Crippen molar-refractivity contribution in [3.8, 4) is 0 Å². The molecule has 12 heavy (non-hydrogen) atoms. The van der Waals surface area contributed by atoms with Gasteiger partial charge in [0.15, 0.2) is 0 Å². The molecule has 0 saturated heterocycles. The summed E-state index contributed by atoms with van der Waals surface area (Å²) in [7, 11) is 0. The zero-order valence-corrected chi connectivity index (χ0v) is 9.43. The van der Waals surface area contributed by atoms with Crippen LogP contribution < -0.4 is 0 Å². The maximum absolute atomic E-state index is 11.3. The van der Waals surface area contributed by atoms with Gasteiger partial charge in [-0.25, -0.2) is 0 Å². The van der Waals surface area contributed by atoms with E-state index in [4.69, 9.17) is 5.11 Å². The third-order valence-corrected chi connectivity index (χ3v) is 0.613. The van der Waals surface area contributed by atoms with Crippen LogP contribution in [0.3, 0.4) is 0 Å². The van der Waals surface area contributed by atoms with Crippen LogP contribution in [0.25, 0.3) is 0 Å². The maximum atomic E-state index is 11.3. The minimum Gasteiger partial charge on any atom is -0.390 e. The first-order valence-corrected chi connectivity index (χ1v) is 2.57. The zero-order chi connectivity index (χ0) is 9.71. The van der Waals surface area contributed by atoms with Gasteiger partial charge in [-0.05, 0) is 0 Å². The first-order valence-electron chi connectivity index (χ1n) is 2.57. The Morgan fingerprint density at radius 1 is 1.08 bits per heavy atom. The molecule has 0 unspecified atom stereocenters. The predicted molar refractivity (Wildman–Crippen MR) is 29.1 cm³/mol. The summed E-state index contributed by atoms with van der Waals surface area (Å²) < 4.78 is 55.3. The average molecular weight is 244 g/mol. The normalized spacial score (nSPS) is 11.0. The van der Waals surface area contributed by atoms with Crippen molar-refractivity contribution < 1.29 is 46.5 Å². The molecule has 0 saturated carbocycles. The van der Waals surface area contributed by atoms with Crippen molar-refractivity contribution in [1.82, 2.24) is 0 Å². The van der Waals surface area contributed by atoms with Gasteiger partial charge in [-0.15, -0.1) is 0 Å². The third kappa shape index (κ3) is 5.83. The molecule has 0 heterocycles. The molecule has 0 rings (SSSR count). The number of rotatable bonds is 1. The average Bonchev–Trinajstić information content (AvgIpc) is 1.90. The standard InChI is InChI=1S/C3H3F5O.C2H5.Zn/c4-2(5,1-9)3(6,7)8;1-2;/h9H,1H2;1H2,2H3;/q;-1;. The van der Waals surface area contributed by atoms with Crippen LogP contribution in [-0.2, 0) is 19.5 Å². The molecular weight excluding hydrogens is 236 g/mol. The van der Waals surface area contributed by atoms with Gasteiger partial charge in [0.2, 0.25) is 0 Å². The molecule has 0 aromatic heterocycles. The number of halogens is 5. The Morgan fingerprint density at radius 2 is 1.33 bits per heavy atom. The van der Waals surface area contributed by atoms with Gasteiger partial charge in [0.05, 0.1) is 0 Å². The molecule has 0 fully saturated rings. The molecule has 7 heteroatoms. The van der Waals surface area contributed by atoms with Crippen molar-refractivity contribution >= 4 is 0 Å². The molecule has 0 aliphatic carbocycles. The molecule has 1 nitrogen and oxygen atoms in total. The van der Waals surface area contributed by atoms with Crippen molar-refractivity contribution in [3.05, 3.63) is 6.92 Å². The minimum atomic E-state index is -5.64. The van der Waals surface area contributed by atoms with E-state index in [-0.39, 0.29) is 19.5 Å². The number of alkyl halides is 5. The second kappa shape index (κ2) is 6.72. The quantitative estimate of drug-likeness (QED) is 0.425. The molecule has 72 valence electrons. The summed E-state index contributed by atoms with van der Waals surface area (Å²) in [6.07, 6.45) is -5.64. The van der Waals surface area contributed by atoms with Crippen molar-refractivity contribution in [2.24, 2.45) is 0 Å². The number of hydrogen-bond donors (Lipinski definition) is 1. The fourth-order valence-electron chi connectivity index (χ4n) is 0.0896. The molecule has 0 radical (unpaired) electrons. The topological polar surface area (TPSA) is 20.2 Å². The van der Waals surface area contributed by atoms with Crippen LogP contribution in [0.5, 0.6) is 0 Å². The molecule has 0 bridgehead atoms. The van der Waals surface area contributed by atoms with E-state index >= 15 is 0 Å². The summed E-state index contributed by atoms with van der Waals surface area (Å²) in [5, 5.41) is 7.46. The van der Waals surface area contributed by atoms with Gasteiger partial charge in [0, 0.05) is 19.5 Å². The second-order valence-electron chi connectivity index (χ2n) is 1.36. The van der Waals surface area contributed by atoms with Crippen LogP contribution in [0.15, 0.2) is 0 Å². The van der Waals surface area contributed by atoms with Crippen molar-refractivity contribution in [3.63, 3.8) is 0 Å². The van der Waals surface area contributed by atoms with Crippen LogP contribution >= 0.6 is 0 Å². The van der Waals surface area contributed by atoms with E-state index in [9.17, 15) is 22.0 Å². The van der Waals surface area contributed by atoms with Gasteiger partial charge in [-0.3, -0.25) is 0 Å². The first-order chi connectivity index (χ1) is 4.81. The van der Waals surface area contributed by atoms with E-state index < -0.39 is 18.7 Å². The smallest absolute Gasteiger partial charge is 0.390 e. The largest absolute Gasteiger partial charge is 0.455 e. The van der Waals surface area contributed by atoms with Crippen LogP contribution in [0.4, 0.5) is 22.0 Å². The Bertz CT molecular complexity index is 103. The molecule has 0 aliphatic heterocycles. The van der Waals surface area contributed by atoms with Gasteiger partial charge in [0.25, 0.3) is 0 Å². The number of aliphatic hydroxyl groups excluding tert-OH is 1.